The van der Waals surface area contributed by atoms with Gasteiger partial charge in [0.05, 0.1) is 9.21 Å². The molecule has 1 aromatic heterocycles. The van der Waals surface area contributed by atoms with E-state index in [2.05, 4.69) is 10.6 Å². The highest BCUT2D eigenvalue weighted by atomic mass is 35.5. The topological polar surface area (TPSA) is 75.3 Å². The average Bonchev–Trinajstić information content (AvgIpc) is 3.04. The Morgan fingerprint density at radius 1 is 1.19 bits per heavy atom. The summed E-state index contributed by atoms with van der Waals surface area (Å²) in [6, 6.07) is 3.06. The van der Waals surface area contributed by atoms with Crippen molar-refractivity contribution in [1.82, 2.24) is 10.6 Å². The van der Waals surface area contributed by atoms with Crippen LogP contribution in [0.1, 0.15) is 67.5 Å². The number of rotatable bonds is 6. The first-order chi connectivity index (χ1) is 12.5. The zero-order valence-corrected chi connectivity index (χ0v) is 16.4. The molecule has 2 N–H and O–H groups in total. The van der Waals surface area contributed by atoms with Crippen LogP contribution >= 0.6 is 22.9 Å². The van der Waals surface area contributed by atoms with Crippen molar-refractivity contribution in [2.45, 2.75) is 63.8 Å². The van der Waals surface area contributed by atoms with Gasteiger partial charge in [-0.05, 0) is 43.2 Å². The van der Waals surface area contributed by atoms with Crippen molar-refractivity contribution >= 4 is 40.5 Å². The zero-order chi connectivity index (χ0) is 18.6. The molecule has 7 heteroatoms. The summed E-state index contributed by atoms with van der Waals surface area (Å²) < 4.78 is 0.604. The van der Waals surface area contributed by atoms with Crippen molar-refractivity contribution in [1.29, 1.82) is 0 Å². The molecule has 2 heterocycles. The highest BCUT2D eigenvalue weighted by molar-refractivity contribution is 7.18. The van der Waals surface area contributed by atoms with Crippen LogP contribution in [0, 0.1) is 5.41 Å². The molecule has 5 nitrogen and oxygen atoms in total. The molecule has 1 aromatic rings. The van der Waals surface area contributed by atoms with Crippen LogP contribution < -0.4 is 10.6 Å². The maximum absolute atomic E-state index is 12.7. The Balaban J connectivity index is 1.65. The second-order valence-corrected chi connectivity index (χ2v) is 9.21. The smallest absolute Gasteiger partial charge is 0.242 e. The standard InChI is InChI=1S/C19H25ClN2O3S/c20-16-7-6-15(26-16)14(23)11-19(8-2-1-3-9-19)12-17(24)22-13-5-4-10-21-18(13)25/h6-7,13H,1-5,8-12H2,(H,21,25)(H,22,24). The van der Waals surface area contributed by atoms with Crippen LogP contribution in [-0.4, -0.2) is 30.2 Å². The number of Topliss-reactive ketones (excluding diaryl/α,β-unsaturated/α-hetero) is 1. The normalized spacial score (nSPS) is 22.5. The third-order valence-corrected chi connectivity index (χ3v) is 6.73. The lowest BCUT2D eigenvalue weighted by atomic mass is 9.68. The van der Waals surface area contributed by atoms with Crippen LogP contribution in [0.15, 0.2) is 12.1 Å². The molecule has 0 spiro atoms. The van der Waals surface area contributed by atoms with E-state index in [9.17, 15) is 14.4 Å². The van der Waals surface area contributed by atoms with E-state index in [1.54, 1.807) is 12.1 Å². The maximum Gasteiger partial charge on any atom is 0.242 e. The molecular weight excluding hydrogens is 372 g/mol. The predicted octanol–water partition coefficient (Wildman–Crippen LogP) is 3.71. The summed E-state index contributed by atoms with van der Waals surface area (Å²) in [4.78, 5) is 37.9. The number of carbonyl (C=O) groups is 3. The summed E-state index contributed by atoms with van der Waals surface area (Å²) in [6.07, 6.45) is 7.20. The van der Waals surface area contributed by atoms with Crippen molar-refractivity contribution in [2.75, 3.05) is 6.54 Å². The van der Waals surface area contributed by atoms with Crippen molar-refractivity contribution in [3.63, 3.8) is 0 Å². The number of ketones is 1. The second kappa shape index (κ2) is 8.53. The summed E-state index contributed by atoms with van der Waals surface area (Å²) in [5, 5.41) is 5.66. The Morgan fingerprint density at radius 2 is 1.96 bits per heavy atom. The van der Waals surface area contributed by atoms with Gasteiger partial charge in [-0.15, -0.1) is 11.3 Å². The Hall–Kier alpha value is -1.40. The van der Waals surface area contributed by atoms with Gasteiger partial charge in [0.2, 0.25) is 11.8 Å². The molecule has 0 radical (unpaired) electrons. The van der Waals surface area contributed by atoms with Gasteiger partial charge in [-0.3, -0.25) is 14.4 Å². The van der Waals surface area contributed by atoms with Crippen LogP contribution in [0.25, 0.3) is 0 Å². The van der Waals surface area contributed by atoms with Crippen LogP contribution in [-0.2, 0) is 9.59 Å². The molecule has 142 valence electrons. The number of halogens is 1. The Bertz CT molecular complexity index is 682. The second-order valence-electron chi connectivity index (χ2n) is 7.49. The predicted molar refractivity (Wildman–Crippen MR) is 103 cm³/mol. The van der Waals surface area contributed by atoms with E-state index in [4.69, 9.17) is 11.6 Å². The van der Waals surface area contributed by atoms with Gasteiger partial charge in [-0.2, -0.15) is 0 Å². The molecule has 1 unspecified atom stereocenters. The Kier molecular flexibility index (Phi) is 6.35. The van der Waals surface area contributed by atoms with Crippen molar-refractivity contribution in [3.05, 3.63) is 21.3 Å². The van der Waals surface area contributed by atoms with Crippen LogP contribution in [0.5, 0.6) is 0 Å². The minimum absolute atomic E-state index is 0.0620. The summed E-state index contributed by atoms with van der Waals surface area (Å²) in [5.41, 5.74) is -0.305. The molecule has 1 aliphatic carbocycles. The summed E-state index contributed by atoms with van der Waals surface area (Å²) in [6.45, 7) is 0.674. The minimum atomic E-state index is -0.441. The quantitative estimate of drug-likeness (QED) is 0.719. The number of hydrogen-bond donors (Lipinski definition) is 2. The molecular formula is C19H25ClN2O3S. The van der Waals surface area contributed by atoms with Gasteiger partial charge >= 0.3 is 0 Å². The van der Waals surface area contributed by atoms with Gasteiger partial charge < -0.3 is 10.6 Å². The Labute approximate surface area is 162 Å². The van der Waals surface area contributed by atoms with E-state index in [0.717, 1.165) is 38.5 Å². The minimum Gasteiger partial charge on any atom is -0.354 e. The van der Waals surface area contributed by atoms with E-state index in [1.807, 2.05) is 0 Å². The van der Waals surface area contributed by atoms with Crippen molar-refractivity contribution in [3.8, 4) is 0 Å². The summed E-state index contributed by atoms with van der Waals surface area (Å²) in [5.74, 6) is -0.162. The number of nitrogens with one attached hydrogen (secondary N) is 2. The molecule has 1 saturated carbocycles. The summed E-state index contributed by atoms with van der Waals surface area (Å²) in [7, 11) is 0. The van der Waals surface area contributed by atoms with Gasteiger partial charge in [0.15, 0.2) is 5.78 Å². The SMILES string of the molecule is O=C(CC1(CC(=O)c2ccc(Cl)s2)CCCCC1)NC1CCCNC1=O. The number of piperidine rings is 1. The van der Waals surface area contributed by atoms with Crippen LogP contribution in [0.2, 0.25) is 4.34 Å². The molecule has 1 saturated heterocycles. The lowest BCUT2D eigenvalue weighted by Crippen LogP contribution is -2.51. The van der Waals surface area contributed by atoms with Gasteiger partial charge in [0.1, 0.15) is 6.04 Å². The molecule has 0 aromatic carbocycles. The zero-order valence-electron chi connectivity index (χ0n) is 14.8. The molecule has 3 rings (SSSR count). The first-order valence-electron chi connectivity index (χ1n) is 9.33. The van der Waals surface area contributed by atoms with Gasteiger partial charge in [-0.25, -0.2) is 0 Å². The molecule has 2 amide bonds. The van der Waals surface area contributed by atoms with Crippen LogP contribution in [0.4, 0.5) is 0 Å². The Morgan fingerprint density at radius 3 is 2.62 bits per heavy atom. The first kappa shape index (κ1) is 19.4. The lowest BCUT2D eigenvalue weighted by molar-refractivity contribution is -0.131. The fourth-order valence-corrected chi connectivity index (χ4v) is 5.09. The molecule has 1 aliphatic heterocycles. The summed E-state index contributed by atoms with van der Waals surface area (Å²) >= 11 is 7.25. The third-order valence-electron chi connectivity index (χ3n) is 5.45. The van der Waals surface area contributed by atoms with Crippen LogP contribution in [0.3, 0.4) is 0 Å². The van der Waals surface area contributed by atoms with Gasteiger partial charge in [0.25, 0.3) is 0 Å². The molecule has 2 fully saturated rings. The lowest BCUT2D eigenvalue weighted by Gasteiger charge is -2.37. The van der Waals surface area contributed by atoms with E-state index < -0.39 is 6.04 Å². The van der Waals surface area contributed by atoms with Crippen molar-refractivity contribution in [2.24, 2.45) is 5.41 Å². The largest absolute Gasteiger partial charge is 0.354 e. The van der Waals surface area contributed by atoms with E-state index in [1.165, 1.54) is 11.3 Å². The van der Waals surface area contributed by atoms with E-state index in [0.29, 0.717) is 35.0 Å². The number of carbonyl (C=O) groups excluding carboxylic acids is 3. The maximum atomic E-state index is 12.7. The highest BCUT2D eigenvalue weighted by Gasteiger charge is 2.37. The number of amides is 2. The first-order valence-corrected chi connectivity index (χ1v) is 10.5. The van der Waals surface area contributed by atoms with Gasteiger partial charge in [-0.1, -0.05) is 30.9 Å². The molecule has 2 aliphatic rings. The number of thiophene rings is 1. The molecule has 0 bridgehead atoms. The monoisotopic (exact) mass is 396 g/mol. The van der Waals surface area contributed by atoms with E-state index in [-0.39, 0.29) is 23.0 Å². The third kappa shape index (κ3) is 4.86. The van der Waals surface area contributed by atoms with Crippen molar-refractivity contribution < 1.29 is 14.4 Å². The molecule has 1 atom stereocenters. The highest BCUT2D eigenvalue weighted by Crippen LogP contribution is 2.43. The average molecular weight is 397 g/mol. The molecule has 26 heavy (non-hydrogen) atoms. The number of hydrogen-bond acceptors (Lipinski definition) is 4. The van der Waals surface area contributed by atoms with Gasteiger partial charge in [0, 0.05) is 19.4 Å². The fraction of sp³-hybridized carbons (Fsp3) is 0.632. The fourth-order valence-electron chi connectivity index (χ4n) is 4.11. The van der Waals surface area contributed by atoms with E-state index >= 15 is 0 Å².